The fraction of sp³-hybridized carbons (Fsp3) is 0.895. The van der Waals surface area contributed by atoms with Crippen LogP contribution < -0.4 is 0 Å². The smallest absolute Gasteiger partial charge is 0.410 e. The number of nitrogens with zero attached hydrogens (tertiary/aromatic N) is 3. The molecule has 7 heteroatoms. The van der Waals surface area contributed by atoms with Crippen LogP contribution >= 0.6 is 0 Å². The van der Waals surface area contributed by atoms with Gasteiger partial charge in [-0.3, -0.25) is 0 Å². The molecule has 2 spiro atoms. The van der Waals surface area contributed by atoms with Gasteiger partial charge in [0.05, 0.1) is 12.6 Å². The normalized spacial score (nSPS) is 32.3. The van der Waals surface area contributed by atoms with Crippen molar-refractivity contribution in [2.24, 2.45) is 5.41 Å². The van der Waals surface area contributed by atoms with Gasteiger partial charge in [-0.25, -0.2) is 9.59 Å². The number of fused-ring (bicyclic) bond motifs is 2. The molecule has 0 bridgehead atoms. The van der Waals surface area contributed by atoms with Crippen molar-refractivity contribution in [1.82, 2.24) is 14.7 Å². The van der Waals surface area contributed by atoms with Crippen LogP contribution in [0.4, 0.5) is 9.59 Å². The Kier molecular flexibility index (Phi) is 3.68. The molecule has 4 saturated heterocycles. The van der Waals surface area contributed by atoms with Crippen LogP contribution in [0.1, 0.15) is 45.4 Å². The number of likely N-dealkylation sites (tertiary alicyclic amines) is 2. The molecule has 1 unspecified atom stereocenters. The largest absolute Gasteiger partial charge is 0.450 e. The van der Waals surface area contributed by atoms with Gasteiger partial charge in [0.15, 0.2) is 0 Å². The highest BCUT2D eigenvalue weighted by molar-refractivity contribution is 5.72. The number of carbonyl (C=O) groups is 2. The van der Waals surface area contributed by atoms with Crippen molar-refractivity contribution in [3.63, 3.8) is 0 Å². The van der Waals surface area contributed by atoms with Crippen LogP contribution in [0.25, 0.3) is 0 Å². The van der Waals surface area contributed by atoms with Crippen LogP contribution in [-0.4, -0.2) is 83.9 Å². The van der Waals surface area contributed by atoms with Crippen LogP contribution in [0.15, 0.2) is 0 Å². The second-order valence-electron chi connectivity index (χ2n) is 8.94. The number of rotatable bonds is 2. The Labute approximate surface area is 154 Å². The van der Waals surface area contributed by atoms with Crippen molar-refractivity contribution in [3.8, 4) is 0 Å². The zero-order valence-electron chi connectivity index (χ0n) is 15.6. The maximum atomic E-state index is 12.1. The van der Waals surface area contributed by atoms with Crippen LogP contribution in [0.3, 0.4) is 0 Å². The van der Waals surface area contributed by atoms with E-state index >= 15 is 0 Å². The van der Waals surface area contributed by atoms with E-state index in [2.05, 4.69) is 4.90 Å². The van der Waals surface area contributed by atoms with E-state index in [0.717, 1.165) is 58.4 Å². The van der Waals surface area contributed by atoms with Gasteiger partial charge in [0.25, 0.3) is 0 Å². The van der Waals surface area contributed by atoms with Gasteiger partial charge in [-0.15, -0.1) is 0 Å². The first-order valence-corrected chi connectivity index (χ1v) is 10.2. The van der Waals surface area contributed by atoms with Crippen molar-refractivity contribution in [1.29, 1.82) is 0 Å². The molecule has 7 nitrogen and oxygen atoms in total. The summed E-state index contributed by atoms with van der Waals surface area (Å²) in [4.78, 5) is 30.3. The molecule has 5 fully saturated rings. The lowest BCUT2D eigenvalue weighted by Gasteiger charge is -2.61. The second kappa shape index (κ2) is 5.75. The summed E-state index contributed by atoms with van der Waals surface area (Å²) in [7, 11) is 0. The van der Waals surface area contributed by atoms with Crippen molar-refractivity contribution in [2.75, 3.05) is 39.3 Å². The standard InChI is InChI=1S/C19H29N3O4/c1-2-25-16(23)21-12-18(13-21)10-14(11-18)20-8-5-19(6-9-20)15-4-3-7-22(15)17(24)26-19/h14-15H,2-13H2,1H3. The molecule has 4 heterocycles. The molecule has 5 aliphatic rings. The zero-order valence-corrected chi connectivity index (χ0v) is 15.6. The van der Waals surface area contributed by atoms with Gasteiger partial charge < -0.3 is 24.2 Å². The van der Waals surface area contributed by atoms with Gasteiger partial charge in [-0.2, -0.15) is 0 Å². The molecule has 26 heavy (non-hydrogen) atoms. The third-order valence-corrected chi connectivity index (χ3v) is 7.46. The second-order valence-corrected chi connectivity index (χ2v) is 8.94. The average molecular weight is 363 g/mol. The summed E-state index contributed by atoms with van der Waals surface area (Å²) in [5.41, 5.74) is 0.122. The molecule has 0 aromatic heterocycles. The van der Waals surface area contributed by atoms with Gasteiger partial charge in [-0.1, -0.05) is 0 Å². The first-order valence-electron chi connectivity index (χ1n) is 10.2. The van der Waals surface area contributed by atoms with E-state index in [4.69, 9.17) is 9.47 Å². The number of ether oxygens (including phenoxy) is 2. The molecule has 0 radical (unpaired) electrons. The molecule has 0 aromatic rings. The third-order valence-electron chi connectivity index (χ3n) is 7.46. The molecule has 1 atom stereocenters. The van der Waals surface area contributed by atoms with Crippen LogP contribution in [0.5, 0.6) is 0 Å². The van der Waals surface area contributed by atoms with E-state index in [9.17, 15) is 9.59 Å². The molecule has 5 rings (SSSR count). The fourth-order valence-corrected chi connectivity index (χ4v) is 6.10. The van der Waals surface area contributed by atoms with Gasteiger partial charge in [0, 0.05) is 57.0 Å². The van der Waals surface area contributed by atoms with Gasteiger partial charge in [0.2, 0.25) is 0 Å². The molecular formula is C19H29N3O4. The molecule has 1 aliphatic carbocycles. The summed E-state index contributed by atoms with van der Waals surface area (Å²) in [6, 6.07) is 0.947. The molecule has 2 amide bonds. The monoisotopic (exact) mass is 363 g/mol. The third kappa shape index (κ3) is 2.35. The topological polar surface area (TPSA) is 62.3 Å². The first kappa shape index (κ1) is 16.7. The summed E-state index contributed by atoms with van der Waals surface area (Å²) >= 11 is 0. The van der Waals surface area contributed by atoms with E-state index in [1.165, 1.54) is 12.8 Å². The van der Waals surface area contributed by atoms with Crippen molar-refractivity contribution >= 4 is 12.2 Å². The number of hydrogen-bond donors (Lipinski definition) is 0. The molecule has 0 N–H and O–H groups in total. The predicted molar refractivity (Wildman–Crippen MR) is 93.8 cm³/mol. The predicted octanol–water partition coefficient (Wildman–Crippen LogP) is 2.06. The Bertz CT molecular complexity index is 602. The average Bonchev–Trinajstić information content (AvgIpc) is 3.12. The molecule has 0 aromatic carbocycles. The number of amides is 2. The van der Waals surface area contributed by atoms with Crippen molar-refractivity contribution in [3.05, 3.63) is 0 Å². The lowest BCUT2D eigenvalue weighted by atomic mass is 9.60. The van der Waals surface area contributed by atoms with E-state index in [1.807, 2.05) is 16.7 Å². The molecular weight excluding hydrogens is 334 g/mol. The maximum absolute atomic E-state index is 12.1. The van der Waals surface area contributed by atoms with Crippen molar-refractivity contribution < 1.29 is 19.1 Å². The van der Waals surface area contributed by atoms with Crippen molar-refractivity contribution in [2.45, 2.75) is 63.1 Å². The summed E-state index contributed by atoms with van der Waals surface area (Å²) in [6.07, 6.45) is 6.28. The lowest BCUT2D eigenvalue weighted by molar-refractivity contribution is -0.116. The van der Waals surface area contributed by atoms with Crippen LogP contribution in [0, 0.1) is 5.41 Å². The highest BCUT2D eigenvalue weighted by atomic mass is 16.6. The van der Waals surface area contributed by atoms with Gasteiger partial charge in [0.1, 0.15) is 5.60 Å². The maximum Gasteiger partial charge on any atom is 0.410 e. The summed E-state index contributed by atoms with van der Waals surface area (Å²) < 4.78 is 11.0. The number of hydrogen-bond acceptors (Lipinski definition) is 5. The summed E-state index contributed by atoms with van der Waals surface area (Å²) in [5.74, 6) is 0. The van der Waals surface area contributed by atoms with Crippen LogP contribution in [0.2, 0.25) is 0 Å². The van der Waals surface area contributed by atoms with E-state index < -0.39 is 0 Å². The Morgan fingerprint density at radius 1 is 1.23 bits per heavy atom. The minimum Gasteiger partial charge on any atom is -0.450 e. The molecule has 4 aliphatic heterocycles. The number of piperidine rings is 1. The highest BCUT2D eigenvalue weighted by Gasteiger charge is 2.59. The quantitative estimate of drug-likeness (QED) is 0.751. The summed E-state index contributed by atoms with van der Waals surface area (Å²) in [6.45, 7) is 6.94. The highest BCUT2D eigenvalue weighted by Crippen LogP contribution is 2.52. The first-order chi connectivity index (χ1) is 12.5. The van der Waals surface area contributed by atoms with E-state index in [-0.39, 0.29) is 17.8 Å². The summed E-state index contributed by atoms with van der Waals surface area (Å²) in [5, 5.41) is 0. The van der Waals surface area contributed by atoms with Gasteiger partial charge >= 0.3 is 12.2 Å². The zero-order chi connectivity index (χ0) is 17.9. The van der Waals surface area contributed by atoms with E-state index in [0.29, 0.717) is 24.1 Å². The Morgan fingerprint density at radius 3 is 2.65 bits per heavy atom. The van der Waals surface area contributed by atoms with Crippen LogP contribution in [-0.2, 0) is 9.47 Å². The minimum atomic E-state index is -0.220. The SMILES string of the molecule is CCOC(=O)N1CC2(CC(N3CCC4(CC3)OC(=O)N3CCCC34)C2)C1. The lowest BCUT2D eigenvalue weighted by Crippen LogP contribution is -2.68. The fourth-order valence-electron chi connectivity index (χ4n) is 6.10. The van der Waals surface area contributed by atoms with Gasteiger partial charge in [-0.05, 0) is 32.6 Å². The Morgan fingerprint density at radius 2 is 1.96 bits per heavy atom. The Hall–Kier alpha value is -1.50. The Balaban J connectivity index is 1.12. The number of carbonyl (C=O) groups excluding carboxylic acids is 2. The minimum absolute atomic E-state index is 0.0860. The molecule has 1 saturated carbocycles. The van der Waals surface area contributed by atoms with E-state index in [1.54, 1.807) is 0 Å². The molecule has 144 valence electrons.